The lowest BCUT2D eigenvalue weighted by Gasteiger charge is -2.27. The molecule has 1 aromatic rings. The molecule has 6 heteroatoms. The fourth-order valence-corrected chi connectivity index (χ4v) is 3.09. The van der Waals surface area contributed by atoms with Gasteiger partial charge in [0.05, 0.1) is 11.5 Å². The fraction of sp³-hybridized carbons (Fsp3) is 0.545. The van der Waals surface area contributed by atoms with Crippen molar-refractivity contribution in [2.24, 2.45) is 0 Å². The highest BCUT2D eigenvalue weighted by Crippen LogP contribution is 2.15. The summed E-state index contributed by atoms with van der Waals surface area (Å²) in [6.45, 7) is 1.87. The summed E-state index contributed by atoms with van der Waals surface area (Å²) in [6.07, 6.45) is 1.77. The molecule has 94 valence electrons. The first-order valence-electron chi connectivity index (χ1n) is 5.66. The highest BCUT2D eigenvalue weighted by atomic mass is 32.2. The molecule has 1 fully saturated rings. The zero-order chi connectivity index (χ0) is 12.3. The minimum absolute atomic E-state index is 0.227. The second kappa shape index (κ2) is 5.01. The summed E-state index contributed by atoms with van der Waals surface area (Å²) in [5.74, 6) is 1.32. The van der Waals surface area contributed by atoms with Gasteiger partial charge in [0.2, 0.25) is 0 Å². The number of anilines is 1. The van der Waals surface area contributed by atoms with E-state index in [0.717, 1.165) is 17.9 Å². The lowest BCUT2D eigenvalue weighted by Crippen LogP contribution is -2.40. The van der Waals surface area contributed by atoms with E-state index in [1.54, 1.807) is 6.20 Å². The van der Waals surface area contributed by atoms with Crippen LogP contribution in [0.3, 0.4) is 0 Å². The van der Waals surface area contributed by atoms with Crippen molar-refractivity contribution in [3.63, 3.8) is 0 Å². The summed E-state index contributed by atoms with van der Waals surface area (Å²) >= 11 is 0. The molecule has 0 saturated carbocycles. The molecule has 2 rings (SSSR count). The predicted molar refractivity (Wildman–Crippen MR) is 67.9 cm³/mol. The first-order valence-corrected chi connectivity index (χ1v) is 7.48. The molecule has 0 bridgehead atoms. The van der Waals surface area contributed by atoms with Crippen molar-refractivity contribution in [3.05, 3.63) is 23.9 Å². The summed E-state index contributed by atoms with van der Waals surface area (Å²) in [6, 6.07) is 3.97. The number of nitrogens with one attached hydrogen (secondary N) is 1. The smallest absolute Gasteiger partial charge is 0.153 e. The fourth-order valence-electron chi connectivity index (χ4n) is 1.89. The van der Waals surface area contributed by atoms with Crippen molar-refractivity contribution in [1.82, 2.24) is 10.3 Å². The van der Waals surface area contributed by atoms with Gasteiger partial charge < -0.3 is 10.2 Å². The van der Waals surface area contributed by atoms with Crippen LogP contribution >= 0.6 is 0 Å². The van der Waals surface area contributed by atoms with Gasteiger partial charge in [-0.2, -0.15) is 0 Å². The monoisotopic (exact) mass is 255 g/mol. The van der Waals surface area contributed by atoms with E-state index in [1.165, 1.54) is 0 Å². The Morgan fingerprint density at radius 3 is 2.76 bits per heavy atom. The molecule has 0 aliphatic carbocycles. The Hall–Kier alpha value is -1.14. The van der Waals surface area contributed by atoms with Gasteiger partial charge in [-0.3, -0.25) is 0 Å². The molecule has 5 nitrogen and oxygen atoms in total. The molecule has 0 amide bonds. The minimum Gasteiger partial charge on any atom is -0.355 e. The first-order chi connectivity index (χ1) is 8.11. The molecule has 1 N–H and O–H groups in total. The van der Waals surface area contributed by atoms with E-state index >= 15 is 0 Å². The third-order valence-electron chi connectivity index (χ3n) is 2.86. The topological polar surface area (TPSA) is 62.3 Å². The van der Waals surface area contributed by atoms with Gasteiger partial charge in [-0.1, -0.05) is 0 Å². The van der Waals surface area contributed by atoms with Crippen LogP contribution in [0.25, 0.3) is 0 Å². The standard InChI is InChI=1S/C11H17N3O2S/c1-12-9-10-2-3-13-11(8-10)14-4-6-17(15,16)7-5-14/h2-3,8,12H,4-7,9H2,1H3. The van der Waals surface area contributed by atoms with Gasteiger partial charge in [-0.15, -0.1) is 0 Å². The van der Waals surface area contributed by atoms with Crippen molar-refractivity contribution in [2.45, 2.75) is 6.54 Å². The Morgan fingerprint density at radius 2 is 2.12 bits per heavy atom. The lowest BCUT2D eigenvalue weighted by atomic mass is 10.2. The molecule has 0 spiro atoms. The highest BCUT2D eigenvalue weighted by molar-refractivity contribution is 7.91. The minimum atomic E-state index is -2.83. The van der Waals surface area contributed by atoms with Crippen LogP contribution in [-0.4, -0.2) is 45.0 Å². The zero-order valence-electron chi connectivity index (χ0n) is 9.89. The van der Waals surface area contributed by atoms with Crippen LogP contribution in [0.1, 0.15) is 5.56 Å². The average Bonchev–Trinajstić information content (AvgIpc) is 2.30. The molecule has 0 radical (unpaired) electrons. The third kappa shape index (κ3) is 3.17. The maximum absolute atomic E-state index is 11.3. The van der Waals surface area contributed by atoms with E-state index in [0.29, 0.717) is 13.1 Å². The molecular weight excluding hydrogens is 238 g/mol. The summed E-state index contributed by atoms with van der Waals surface area (Å²) in [5, 5.41) is 3.09. The van der Waals surface area contributed by atoms with E-state index in [4.69, 9.17) is 0 Å². The van der Waals surface area contributed by atoms with Crippen LogP contribution in [0, 0.1) is 0 Å². The van der Waals surface area contributed by atoms with E-state index in [2.05, 4.69) is 10.3 Å². The van der Waals surface area contributed by atoms with Crippen molar-refractivity contribution >= 4 is 15.7 Å². The Kier molecular flexibility index (Phi) is 3.63. The molecule has 1 aliphatic heterocycles. The molecule has 0 atom stereocenters. The SMILES string of the molecule is CNCc1ccnc(N2CCS(=O)(=O)CC2)c1. The average molecular weight is 255 g/mol. The van der Waals surface area contributed by atoms with E-state index < -0.39 is 9.84 Å². The second-order valence-corrected chi connectivity index (χ2v) is 6.50. The summed E-state index contributed by atoms with van der Waals surface area (Å²) < 4.78 is 22.7. The lowest BCUT2D eigenvalue weighted by molar-refractivity contribution is 0.586. The quantitative estimate of drug-likeness (QED) is 0.826. The van der Waals surface area contributed by atoms with Crippen LogP contribution < -0.4 is 10.2 Å². The zero-order valence-corrected chi connectivity index (χ0v) is 10.7. The number of aromatic nitrogens is 1. The van der Waals surface area contributed by atoms with Crippen molar-refractivity contribution < 1.29 is 8.42 Å². The highest BCUT2D eigenvalue weighted by Gasteiger charge is 2.22. The Labute approximate surface area is 102 Å². The summed E-state index contributed by atoms with van der Waals surface area (Å²) in [7, 11) is -0.929. The van der Waals surface area contributed by atoms with E-state index in [9.17, 15) is 8.42 Å². The Balaban J connectivity index is 2.10. The van der Waals surface area contributed by atoms with Crippen LogP contribution in [0.5, 0.6) is 0 Å². The second-order valence-electron chi connectivity index (χ2n) is 4.19. The Bertz CT molecular complexity index is 473. The summed E-state index contributed by atoms with van der Waals surface area (Å²) in [5.41, 5.74) is 1.16. The van der Waals surface area contributed by atoms with Gasteiger partial charge in [0.1, 0.15) is 5.82 Å². The maximum Gasteiger partial charge on any atom is 0.153 e. The molecule has 1 aromatic heterocycles. The van der Waals surface area contributed by atoms with Crippen molar-refractivity contribution in [2.75, 3.05) is 36.5 Å². The van der Waals surface area contributed by atoms with Crippen molar-refractivity contribution in [3.8, 4) is 0 Å². The van der Waals surface area contributed by atoms with Crippen LogP contribution in [0.15, 0.2) is 18.3 Å². The number of hydrogen-bond acceptors (Lipinski definition) is 5. The molecule has 0 unspecified atom stereocenters. The Morgan fingerprint density at radius 1 is 1.41 bits per heavy atom. The van der Waals surface area contributed by atoms with E-state index in [-0.39, 0.29) is 11.5 Å². The van der Waals surface area contributed by atoms with Gasteiger partial charge in [-0.25, -0.2) is 13.4 Å². The molecule has 1 saturated heterocycles. The maximum atomic E-state index is 11.3. The van der Waals surface area contributed by atoms with Crippen LogP contribution in [-0.2, 0) is 16.4 Å². The number of sulfone groups is 1. The number of hydrogen-bond donors (Lipinski definition) is 1. The van der Waals surface area contributed by atoms with Crippen LogP contribution in [0.2, 0.25) is 0 Å². The first kappa shape index (κ1) is 12.3. The largest absolute Gasteiger partial charge is 0.355 e. The normalized spacial score (nSPS) is 19.2. The molecule has 0 aromatic carbocycles. The number of rotatable bonds is 3. The molecule has 2 heterocycles. The van der Waals surface area contributed by atoms with E-state index in [1.807, 2.05) is 24.1 Å². The van der Waals surface area contributed by atoms with Gasteiger partial charge in [0, 0.05) is 25.8 Å². The van der Waals surface area contributed by atoms with Gasteiger partial charge in [0.25, 0.3) is 0 Å². The van der Waals surface area contributed by atoms with Gasteiger partial charge in [0.15, 0.2) is 9.84 Å². The predicted octanol–water partition coefficient (Wildman–Crippen LogP) is 0.0358. The molecular formula is C11H17N3O2S. The number of nitrogens with zero attached hydrogens (tertiary/aromatic N) is 2. The van der Waals surface area contributed by atoms with Crippen LogP contribution in [0.4, 0.5) is 5.82 Å². The summed E-state index contributed by atoms with van der Waals surface area (Å²) in [4.78, 5) is 6.32. The third-order valence-corrected chi connectivity index (χ3v) is 4.47. The van der Waals surface area contributed by atoms with Gasteiger partial charge in [-0.05, 0) is 24.7 Å². The molecule has 17 heavy (non-hydrogen) atoms. The van der Waals surface area contributed by atoms with Gasteiger partial charge >= 0.3 is 0 Å². The van der Waals surface area contributed by atoms with Crippen molar-refractivity contribution in [1.29, 1.82) is 0 Å². The molecule has 1 aliphatic rings. The number of pyridine rings is 1.